The number of likely N-dealkylation sites (N-methyl/N-ethyl adjacent to an activating group) is 1. The molecule has 1 unspecified atom stereocenters. The van der Waals surface area contributed by atoms with Crippen LogP contribution in [0.2, 0.25) is 0 Å². The van der Waals surface area contributed by atoms with Crippen LogP contribution in [0, 0.1) is 0 Å². The van der Waals surface area contributed by atoms with Crippen molar-refractivity contribution in [3.63, 3.8) is 0 Å². The molecule has 1 aliphatic rings. The molecule has 1 heterocycles. The van der Waals surface area contributed by atoms with Gasteiger partial charge in [-0.1, -0.05) is 48.9 Å². The molecule has 2 amide bonds. The second-order valence-electron chi connectivity index (χ2n) is 10.2. The molecule has 3 aromatic carbocycles. The van der Waals surface area contributed by atoms with Gasteiger partial charge in [-0.25, -0.2) is 0 Å². The first-order chi connectivity index (χ1) is 19.9. The third-order valence-electron chi connectivity index (χ3n) is 7.64. The number of thioether (sulfide) groups is 1. The van der Waals surface area contributed by atoms with Crippen molar-refractivity contribution in [3.8, 4) is 28.4 Å². The van der Waals surface area contributed by atoms with Gasteiger partial charge in [0.1, 0.15) is 12.1 Å². The van der Waals surface area contributed by atoms with Gasteiger partial charge in [-0.05, 0) is 66.5 Å². The predicted molar refractivity (Wildman–Crippen MR) is 164 cm³/mol. The summed E-state index contributed by atoms with van der Waals surface area (Å²) in [5.41, 5.74) is 2.90. The fourth-order valence-corrected chi connectivity index (χ4v) is 6.16. The number of carbonyl (C=O) groups excluding carboxylic acids is 2. The van der Waals surface area contributed by atoms with E-state index in [9.17, 15) is 9.59 Å². The Morgan fingerprint density at radius 2 is 1.44 bits per heavy atom. The summed E-state index contributed by atoms with van der Waals surface area (Å²) in [5.74, 6) is 2.77. The van der Waals surface area contributed by atoms with E-state index >= 15 is 0 Å². The lowest BCUT2D eigenvalue weighted by atomic mass is 9.96. The maximum atomic E-state index is 13.6. The van der Waals surface area contributed by atoms with E-state index in [0.717, 1.165) is 41.7 Å². The van der Waals surface area contributed by atoms with E-state index in [-0.39, 0.29) is 11.8 Å². The number of piperazine rings is 1. The van der Waals surface area contributed by atoms with E-state index in [4.69, 9.17) is 14.2 Å². The number of hydrogen-bond acceptors (Lipinski definition) is 6. The molecule has 0 N–H and O–H groups in total. The molecule has 1 fully saturated rings. The van der Waals surface area contributed by atoms with E-state index in [1.54, 1.807) is 38.2 Å². The minimum Gasteiger partial charge on any atom is -0.493 e. The molecule has 2 atom stereocenters. The molecule has 0 bridgehead atoms. The van der Waals surface area contributed by atoms with Crippen LogP contribution in [-0.2, 0) is 16.0 Å². The number of carbonyl (C=O) groups is 2. The van der Waals surface area contributed by atoms with Crippen molar-refractivity contribution in [2.75, 3.05) is 40.7 Å². The van der Waals surface area contributed by atoms with Crippen LogP contribution in [0.1, 0.15) is 31.7 Å². The quantitative estimate of drug-likeness (QED) is 0.185. The number of unbranched alkanes of at least 4 members (excludes halogenated alkanes) is 2. The van der Waals surface area contributed by atoms with E-state index in [0.29, 0.717) is 30.2 Å². The normalized spacial score (nSPS) is 17.1. The molecular formula is C33H40N2O5S. The third kappa shape index (κ3) is 7.17. The number of amides is 2. The summed E-state index contributed by atoms with van der Waals surface area (Å²) in [6.07, 6.45) is 3.45. The first-order valence-corrected chi connectivity index (χ1v) is 15.0. The summed E-state index contributed by atoms with van der Waals surface area (Å²) in [4.78, 5) is 31.3. The van der Waals surface area contributed by atoms with Crippen LogP contribution in [0.5, 0.6) is 17.2 Å². The Morgan fingerprint density at radius 1 is 0.780 bits per heavy atom. The summed E-state index contributed by atoms with van der Waals surface area (Å²) in [7, 11) is 6.51. The number of benzene rings is 3. The van der Waals surface area contributed by atoms with Crippen molar-refractivity contribution >= 4 is 23.6 Å². The average Bonchev–Trinajstić information content (AvgIpc) is 3.01. The standard InChI is InChI=1S/C33H40N2O5S/c1-23-32(36)34(2)28(33(37)35(23)18-10-7-11-19-41-27-12-8-6-9-13-27)20-24-14-16-25(17-15-24)26-21-29(38-3)31(40-5)30(22-26)39-4/h6,8-9,12-17,21-23,28H,7,10-11,18-20H2,1-5H3/t23-,28?/m0/s1. The first kappa shape index (κ1) is 30.3. The molecule has 1 saturated heterocycles. The predicted octanol–water partition coefficient (Wildman–Crippen LogP) is 5.94. The van der Waals surface area contributed by atoms with Crippen LogP contribution < -0.4 is 14.2 Å². The Hall–Kier alpha value is -3.65. The third-order valence-corrected chi connectivity index (χ3v) is 8.74. The minimum absolute atomic E-state index is 0.0109. The van der Waals surface area contributed by atoms with Crippen LogP contribution in [-0.4, -0.2) is 74.4 Å². The average molecular weight is 577 g/mol. The highest BCUT2D eigenvalue weighted by Gasteiger charge is 2.41. The fourth-order valence-electron chi connectivity index (χ4n) is 5.23. The summed E-state index contributed by atoms with van der Waals surface area (Å²) in [5, 5.41) is 0. The van der Waals surface area contributed by atoms with E-state index < -0.39 is 12.1 Å². The largest absolute Gasteiger partial charge is 0.493 e. The van der Waals surface area contributed by atoms with Gasteiger partial charge in [0.05, 0.1) is 21.3 Å². The van der Waals surface area contributed by atoms with Crippen molar-refractivity contribution in [3.05, 3.63) is 72.3 Å². The van der Waals surface area contributed by atoms with E-state index in [2.05, 4.69) is 24.3 Å². The van der Waals surface area contributed by atoms with Crippen molar-refractivity contribution in [1.82, 2.24) is 9.80 Å². The lowest BCUT2D eigenvalue weighted by molar-refractivity contribution is -0.159. The Bertz CT molecular complexity index is 1290. The molecule has 218 valence electrons. The van der Waals surface area contributed by atoms with Crippen LogP contribution in [0.4, 0.5) is 0 Å². The van der Waals surface area contributed by atoms with Gasteiger partial charge >= 0.3 is 0 Å². The molecule has 0 aromatic heterocycles. The molecule has 0 spiro atoms. The zero-order valence-corrected chi connectivity index (χ0v) is 25.4. The fraction of sp³-hybridized carbons (Fsp3) is 0.394. The van der Waals surface area contributed by atoms with Gasteiger partial charge in [0, 0.05) is 24.9 Å². The molecule has 8 heteroatoms. The maximum absolute atomic E-state index is 13.6. The number of hydrogen-bond donors (Lipinski definition) is 0. The lowest BCUT2D eigenvalue weighted by Gasteiger charge is -2.42. The van der Waals surface area contributed by atoms with Gasteiger partial charge in [-0.15, -0.1) is 11.8 Å². The molecule has 7 nitrogen and oxygen atoms in total. The molecule has 1 aliphatic heterocycles. The molecule has 4 rings (SSSR count). The molecule has 0 radical (unpaired) electrons. The second kappa shape index (κ2) is 14.3. The van der Waals surface area contributed by atoms with Crippen molar-refractivity contribution in [1.29, 1.82) is 0 Å². The summed E-state index contributed by atoms with van der Waals surface area (Å²) >= 11 is 1.86. The van der Waals surface area contributed by atoms with Crippen LogP contribution in [0.3, 0.4) is 0 Å². The number of ether oxygens (including phenoxy) is 3. The highest BCUT2D eigenvalue weighted by atomic mass is 32.2. The van der Waals surface area contributed by atoms with E-state index in [1.165, 1.54) is 4.90 Å². The van der Waals surface area contributed by atoms with Crippen LogP contribution >= 0.6 is 11.8 Å². The van der Waals surface area contributed by atoms with Gasteiger partial charge in [0.25, 0.3) is 0 Å². The zero-order valence-electron chi connectivity index (χ0n) is 24.6. The molecule has 0 aliphatic carbocycles. The minimum atomic E-state index is -0.514. The van der Waals surface area contributed by atoms with Crippen LogP contribution in [0.25, 0.3) is 11.1 Å². The van der Waals surface area contributed by atoms with Gasteiger partial charge in [-0.2, -0.15) is 0 Å². The lowest BCUT2D eigenvalue weighted by Crippen LogP contribution is -2.63. The summed E-state index contributed by atoms with van der Waals surface area (Å²) < 4.78 is 16.4. The van der Waals surface area contributed by atoms with E-state index in [1.807, 2.05) is 61.2 Å². The van der Waals surface area contributed by atoms with Crippen molar-refractivity contribution in [2.45, 2.75) is 49.6 Å². The Labute approximate surface area is 247 Å². The number of rotatable bonds is 13. The Morgan fingerprint density at radius 3 is 2.05 bits per heavy atom. The van der Waals surface area contributed by atoms with Gasteiger partial charge < -0.3 is 24.0 Å². The first-order valence-electron chi connectivity index (χ1n) is 14.0. The van der Waals surface area contributed by atoms with Crippen molar-refractivity contribution in [2.24, 2.45) is 0 Å². The number of methoxy groups -OCH3 is 3. The number of nitrogens with zero attached hydrogens (tertiary/aromatic N) is 2. The molecule has 41 heavy (non-hydrogen) atoms. The molecule has 0 saturated carbocycles. The molecular weight excluding hydrogens is 536 g/mol. The molecule has 3 aromatic rings. The second-order valence-corrected chi connectivity index (χ2v) is 11.4. The SMILES string of the molecule is COc1cc(-c2ccc(CC3C(=O)N(CCCCCSc4ccccc4)[C@@H](C)C(=O)N3C)cc2)cc(OC)c1OC. The summed E-state index contributed by atoms with van der Waals surface area (Å²) in [6.45, 7) is 2.44. The van der Waals surface area contributed by atoms with Crippen molar-refractivity contribution < 1.29 is 23.8 Å². The summed E-state index contributed by atoms with van der Waals surface area (Å²) in [6, 6.07) is 21.3. The monoisotopic (exact) mass is 576 g/mol. The topological polar surface area (TPSA) is 68.3 Å². The van der Waals surface area contributed by atoms with Gasteiger partial charge in [-0.3, -0.25) is 9.59 Å². The van der Waals surface area contributed by atoms with Crippen LogP contribution in [0.15, 0.2) is 71.6 Å². The Balaban J connectivity index is 1.38. The highest BCUT2D eigenvalue weighted by molar-refractivity contribution is 7.99. The Kier molecular flexibility index (Phi) is 10.6. The maximum Gasteiger partial charge on any atom is 0.246 e. The smallest absolute Gasteiger partial charge is 0.246 e. The van der Waals surface area contributed by atoms with Gasteiger partial charge in [0.2, 0.25) is 17.6 Å². The van der Waals surface area contributed by atoms with Gasteiger partial charge in [0.15, 0.2) is 11.5 Å². The zero-order chi connectivity index (χ0) is 29.4. The highest BCUT2D eigenvalue weighted by Crippen LogP contribution is 2.41.